The Morgan fingerprint density at radius 2 is 2.04 bits per heavy atom. The Morgan fingerprint density at radius 1 is 1.32 bits per heavy atom. The lowest BCUT2D eigenvalue weighted by atomic mass is 10.2. The zero-order valence-corrected chi connectivity index (χ0v) is 13.6. The summed E-state index contributed by atoms with van der Waals surface area (Å²) in [4.78, 5) is 47.6. The number of amides is 1. The number of ether oxygens (including phenoxy) is 1. The smallest absolute Gasteiger partial charge is 0.355 e. The lowest BCUT2D eigenvalue weighted by Gasteiger charge is -2.07. The number of carbonyl (C=O) groups excluding carboxylic acids is 3. The predicted molar refractivity (Wildman–Crippen MR) is 87.8 cm³/mol. The molecule has 2 rings (SSSR count). The number of nitro benzene ring substituents is 1. The van der Waals surface area contributed by atoms with E-state index in [-0.39, 0.29) is 27.9 Å². The third-order valence-corrected chi connectivity index (χ3v) is 3.31. The van der Waals surface area contributed by atoms with Crippen molar-refractivity contribution in [1.29, 1.82) is 0 Å². The number of nitrogens with one attached hydrogen (secondary N) is 2. The number of aromatic amines is 1. The molecule has 130 valence electrons. The molecule has 2 aromatic rings. The van der Waals surface area contributed by atoms with Crippen molar-refractivity contribution in [3.05, 3.63) is 56.9 Å². The van der Waals surface area contributed by atoms with Crippen molar-refractivity contribution in [3.8, 4) is 0 Å². The van der Waals surface area contributed by atoms with Gasteiger partial charge in [0.25, 0.3) is 11.6 Å². The maximum absolute atomic E-state index is 11.8. The minimum Gasteiger partial charge on any atom is -0.451 e. The Hall–Kier alpha value is -3.20. The molecule has 0 atom stereocenters. The second-order valence-electron chi connectivity index (χ2n) is 4.90. The maximum Gasteiger partial charge on any atom is 0.355 e. The van der Waals surface area contributed by atoms with E-state index in [0.29, 0.717) is 5.56 Å². The number of esters is 1. The van der Waals surface area contributed by atoms with E-state index in [4.69, 9.17) is 16.3 Å². The first kappa shape index (κ1) is 18.1. The molecule has 0 saturated carbocycles. The van der Waals surface area contributed by atoms with E-state index in [2.05, 4.69) is 10.3 Å². The summed E-state index contributed by atoms with van der Waals surface area (Å²) in [6, 6.07) is 5.03. The van der Waals surface area contributed by atoms with Crippen LogP contribution in [0.25, 0.3) is 0 Å². The van der Waals surface area contributed by atoms with Crippen molar-refractivity contribution in [2.24, 2.45) is 0 Å². The normalized spacial score (nSPS) is 10.2. The molecule has 1 aromatic carbocycles. The molecule has 9 nitrogen and oxygen atoms in total. The number of hydrogen-bond donors (Lipinski definition) is 2. The monoisotopic (exact) mass is 365 g/mol. The zero-order valence-electron chi connectivity index (χ0n) is 12.9. The standard InChI is InChI=1S/C15H12ClN3O6/c1-8(20)9-4-12(17-6-9)15(22)25-7-14(21)18-11-3-2-10(16)5-13(11)19(23)24/h2-6,17H,7H2,1H3,(H,18,21). The van der Waals surface area contributed by atoms with Gasteiger partial charge in [0.05, 0.1) is 4.92 Å². The molecule has 0 unspecified atom stereocenters. The number of benzene rings is 1. The first-order valence-electron chi connectivity index (χ1n) is 6.88. The summed E-state index contributed by atoms with van der Waals surface area (Å²) in [5.74, 6) is -1.84. The summed E-state index contributed by atoms with van der Waals surface area (Å²) in [5, 5.41) is 13.4. The summed E-state index contributed by atoms with van der Waals surface area (Å²) in [6.45, 7) is 0.678. The molecule has 0 aliphatic heterocycles. The fourth-order valence-corrected chi connectivity index (χ4v) is 2.04. The Labute approximate surface area is 146 Å². The number of nitrogens with zero attached hydrogens (tertiary/aromatic N) is 1. The first-order valence-corrected chi connectivity index (χ1v) is 7.26. The number of rotatable bonds is 6. The van der Waals surface area contributed by atoms with Crippen LogP contribution in [0.4, 0.5) is 11.4 Å². The fourth-order valence-electron chi connectivity index (χ4n) is 1.87. The number of anilines is 1. The van der Waals surface area contributed by atoms with E-state index in [0.717, 1.165) is 6.07 Å². The number of hydrogen-bond acceptors (Lipinski definition) is 6. The highest BCUT2D eigenvalue weighted by molar-refractivity contribution is 6.31. The second-order valence-corrected chi connectivity index (χ2v) is 5.34. The van der Waals surface area contributed by atoms with Gasteiger partial charge < -0.3 is 15.0 Å². The average molecular weight is 366 g/mol. The van der Waals surface area contributed by atoms with Crippen LogP contribution in [0.3, 0.4) is 0 Å². The fraction of sp³-hybridized carbons (Fsp3) is 0.133. The summed E-state index contributed by atoms with van der Waals surface area (Å²) in [5.41, 5.74) is -0.152. The number of carbonyl (C=O) groups is 3. The number of Topliss-reactive ketones (excluding diaryl/α,β-unsaturated/α-hetero) is 1. The van der Waals surface area contributed by atoms with Crippen molar-refractivity contribution in [2.45, 2.75) is 6.92 Å². The van der Waals surface area contributed by atoms with Crippen LogP contribution >= 0.6 is 11.6 Å². The summed E-state index contributed by atoms with van der Waals surface area (Å²) >= 11 is 5.68. The highest BCUT2D eigenvalue weighted by Crippen LogP contribution is 2.27. The van der Waals surface area contributed by atoms with E-state index in [1.54, 1.807) is 0 Å². The third-order valence-electron chi connectivity index (χ3n) is 3.07. The third kappa shape index (κ3) is 4.64. The minimum atomic E-state index is -0.840. The van der Waals surface area contributed by atoms with E-state index in [9.17, 15) is 24.5 Å². The summed E-state index contributed by atoms with van der Waals surface area (Å²) < 4.78 is 4.79. The van der Waals surface area contributed by atoms with Gasteiger partial charge in [-0.25, -0.2) is 4.79 Å². The van der Waals surface area contributed by atoms with Gasteiger partial charge in [0.2, 0.25) is 0 Å². The molecule has 0 aliphatic carbocycles. The molecular formula is C15H12ClN3O6. The Kier molecular flexibility index (Phi) is 5.50. The molecule has 0 radical (unpaired) electrons. The van der Waals surface area contributed by atoms with Crippen LogP contribution in [0.1, 0.15) is 27.8 Å². The first-order chi connectivity index (χ1) is 11.8. The van der Waals surface area contributed by atoms with Gasteiger partial charge in [0.1, 0.15) is 11.4 Å². The van der Waals surface area contributed by atoms with Gasteiger partial charge in [-0.3, -0.25) is 19.7 Å². The van der Waals surface area contributed by atoms with Crippen LogP contribution in [-0.4, -0.2) is 34.2 Å². The largest absolute Gasteiger partial charge is 0.451 e. The lowest BCUT2D eigenvalue weighted by Crippen LogP contribution is -2.21. The highest BCUT2D eigenvalue weighted by Gasteiger charge is 2.18. The van der Waals surface area contributed by atoms with Crippen LogP contribution in [0.2, 0.25) is 5.02 Å². The number of aromatic nitrogens is 1. The van der Waals surface area contributed by atoms with Crippen molar-refractivity contribution in [2.75, 3.05) is 11.9 Å². The van der Waals surface area contributed by atoms with Gasteiger partial charge in [0, 0.05) is 22.8 Å². The molecular weight excluding hydrogens is 354 g/mol. The van der Waals surface area contributed by atoms with Crippen molar-refractivity contribution < 1.29 is 24.0 Å². The van der Waals surface area contributed by atoms with Crippen molar-refractivity contribution in [1.82, 2.24) is 4.98 Å². The maximum atomic E-state index is 11.8. The molecule has 25 heavy (non-hydrogen) atoms. The molecule has 0 bridgehead atoms. The summed E-state index contributed by atoms with van der Waals surface area (Å²) in [7, 11) is 0. The quantitative estimate of drug-likeness (QED) is 0.350. The van der Waals surface area contributed by atoms with Crippen LogP contribution in [0.5, 0.6) is 0 Å². The number of ketones is 1. The van der Waals surface area contributed by atoms with Gasteiger partial charge in [-0.2, -0.15) is 0 Å². The van der Waals surface area contributed by atoms with E-state index in [1.807, 2.05) is 0 Å². The zero-order chi connectivity index (χ0) is 18.6. The SMILES string of the molecule is CC(=O)c1c[nH]c(C(=O)OCC(=O)Nc2ccc(Cl)cc2[N+](=O)[O-])c1. The second kappa shape index (κ2) is 7.58. The molecule has 1 aromatic heterocycles. The number of halogens is 1. The minimum absolute atomic E-state index is 0.00970. The molecule has 2 N–H and O–H groups in total. The molecule has 0 fully saturated rings. The average Bonchev–Trinajstić information content (AvgIpc) is 3.04. The predicted octanol–water partition coefficient (Wildman–Crippen LogP) is 2.57. The Morgan fingerprint density at radius 3 is 2.64 bits per heavy atom. The molecule has 0 spiro atoms. The molecule has 0 aliphatic rings. The topological polar surface area (TPSA) is 131 Å². The van der Waals surface area contributed by atoms with Crippen LogP contribution in [0.15, 0.2) is 30.5 Å². The van der Waals surface area contributed by atoms with Gasteiger partial charge >= 0.3 is 5.97 Å². The van der Waals surface area contributed by atoms with Gasteiger partial charge in [-0.1, -0.05) is 11.6 Å². The molecule has 1 heterocycles. The van der Waals surface area contributed by atoms with Crippen LogP contribution in [-0.2, 0) is 9.53 Å². The molecule has 10 heteroatoms. The molecule has 0 saturated heterocycles. The van der Waals surface area contributed by atoms with Gasteiger partial charge in [-0.05, 0) is 25.1 Å². The summed E-state index contributed by atoms with van der Waals surface area (Å²) in [6.07, 6.45) is 1.34. The van der Waals surface area contributed by atoms with Gasteiger partial charge in [0.15, 0.2) is 12.4 Å². The number of nitro groups is 1. The molecule has 1 amide bonds. The van der Waals surface area contributed by atoms with Crippen molar-refractivity contribution >= 4 is 40.6 Å². The van der Waals surface area contributed by atoms with Crippen LogP contribution in [0, 0.1) is 10.1 Å². The van der Waals surface area contributed by atoms with E-state index < -0.39 is 23.4 Å². The van der Waals surface area contributed by atoms with E-state index in [1.165, 1.54) is 31.3 Å². The van der Waals surface area contributed by atoms with Crippen LogP contribution < -0.4 is 5.32 Å². The van der Waals surface area contributed by atoms with E-state index >= 15 is 0 Å². The lowest BCUT2D eigenvalue weighted by molar-refractivity contribution is -0.383. The van der Waals surface area contributed by atoms with Crippen molar-refractivity contribution in [3.63, 3.8) is 0 Å². The Balaban J connectivity index is 1.98. The highest BCUT2D eigenvalue weighted by atomic mass is 35.5. The van der Waals surface area contributed by atoms with Gasteiger partial charge in [-0.15, -0.1) is 0 Å². The number of H-pyrrole nitrogens is 1. The Bertz CT molecular complexity index is 861.